The van der Waals surface area contributed by atoms with Gasteiger partial charge < -0.3 is 15.2 Å². The molecule has 0 unspecified atom stereocenters. The van der Waals surface area contributed by atoms with Gasteiger partial charge in [-0.05, 0) is 54.1 Å². The lowest BCUT2D eigenvalue weighted by Crippen LogP contribution is -2.12. The summed E-state index contributed by atoms with van der Waals surface area (Å²) in [6.07, 6.45) is 6.96. The van der Waals surface area contributed by atoms with Crippen molar-refractivity contribution in [3.8, 4) is 5.69 Å². The van der Waals surface area contributed by atoms with Gasteiger partial charge in [0.2, 0.25) is 27.9 Å². The van der Waals surface area contributed by atoms with Gasteiger partial charge in [0, 0.05) is 29.5 Å². The highest BCUT2D eigenvalue weighted by Crippen LogP contribution is 2.20. The van der Waals surface area contributed by atoms with Gasteiger partial charge in [0.25, 0.3) is 0 Å². The Balaban J connectivity index is 1.35. The lowest BCUT2D eigenvalue weighted by molar-refractivity contribution is 0.598. The predicted molar refractivity (Wildman–Crippen MR) is 145 cm³/mol. The minimum absolute atomic E-state index is 0.000110. The second kappa shape index (κ2) is 10.9. The van der Waals surface area contributed by atoms with E-state index in [0.29, 0.717) is 5.69 Å². The number of rotatable bonds is 9. The van der Waals surface area contributed by atoms with Gasteiger partial charge in [-0.2, -0.15) is 20.1 Å². The Morgan fingerprint density at radius 3 is 2.03 bits per heavy atom. The minimum Gasteiger partial charge on any atom is -0.324 e. The van der Waals surface area contributed by atoms with Crippen LogP contribution in [0.3, 0.4) is 0 Å². The number of anilines is 5. The van der Waals surface area contributed by atoms with Crippen LogP contribution in [0, 0.1) is 0 Å². The van der Waals surface area contributed by atoms with Gasteiger partial charge in [0.15, 0.2) is 0 Å². The molecule has 3 aromatic carbocycles. The Kier molecular flexibility index (Phi) is 7.02. The van der Waals surface area contributed by atoms with E-state index in [0.717, 1.165) is 16.9 Å². The van der Waals surface area contributed by atoms with E-state index in [1.54, 1.807) is 30.9 Å². The van der Waals surface area contributed by atoms with Crippen LogP contribution in [-0.2, 0) is 10.0 Å². The van der Waals surface area contributed by atoms with Crippen LogP contribution in [-0.4, -0.2) is 39.1 Å². The van der Waals surface area contributed by atoms with Crippen LogP contribution in [0.25, 0.3) is 5.69 Å². The molecule has 0 spiro atoms. The van der Waals surface area contributed by atoms with E-state index >= 15 is 0 Å². The number of hydrogen-bond donors (Lipinski definition) is 4. The third kappa shape index (κ3) is 6.34. The van der Waals surface area contributed by atoms with Gasteiger partial charge in [0.1, 0.15) is 0 Å². The molecule has 0 saturated carbocycles. The van der Waals surface area contributed by atoms with Crippen LogP contribution in [0.2, 0.25) is 0 Å². The molecule has 2 aromatic heterocycles. The van der Waals surface area contributed by atoms with Crippen molar-refractivity contribution in [2.75, 3.05) is 16.1 Å². The Hall–Kier alpha value is -5.14. The second-order valence-electron chi connectivity index (χ2n) is 7.92. The van der Waals surface area contributed by atoms with Crippen molar-refractivity contribution in [3.05, 3.63) is 103 Å². The summed E-state index contributed by atoms with van der Waals surface area (Å²) in [5.74, 6) is 0.676. The first-order chi connectivity index (χ1) is 18.4. The number of hydrazone groups is 1. The SMILES string of the molecule is NS(=O)(=O)c1ccc(Nc2nc(N/N=C/c3ccc(-n4ccnc4)cc3)nc(Nc3ccccc3)n2)cc1. The number of primary sulfonamides is 1. The van der Waals surface area contributed by atoms with Gasteiger partial charge >= 0.3 is 0 Å². The summed E-state index contributed by atoms with van der Waals surface area (Å²) < 4.78 is 25.0. The number of sulfonamides is 1. The average molecular weight is 527 g/mol. The predicted octanol–water partition coefficient (Wildman–Crippen LogP) is 3.64. The number of para-hydroxylation sites is 1. The zero-order chi connectivity index (χ0) is 26.4. The van der Waals surface area contributed by atoms with Gasteiger partial charge in [-0.3, -0.25) is 0 Å². The van der Waals surface area contributed by atoms with E-state index in [4.69, 9.17) is 5.14 Å². The number of hydrogen-bond acceptors (Lipinski definition) is 10. The van der Waals surface area contributed by atoms with Crippen LogP contribution in [0.4, 0.5) is 29.2 Å². The van der Waals surface area contributed by atoms with Crippen LogP contribution < -0.4 is 21.2 Å². The Bertz CT molecular complexity index is 1640. The van der Waals surface area contributed by atoms with Gasteiger partial charge in [0.05, 0.1) is 17.4 Å². The van der Waals surface area contributed by atoms with Crippen molar-refractivity contribution in [3.63, 3.8) is 0 Å². The van der Waals surface area contributed by atoms with E-state index in [1.807, 2.05) is 65.4 Å². The maximum atomic E-state index is 11.5. The Labute approximate surface area is 218 Å². The molecule has 0 bridgehead atoms. The highest BCUT2D eigenvalue weighted by Gasteiger charge is 2.10. The quantitative estimate of drug-likeness (QED) is 0.166. The molecular weight excluding hydrogens is 504 g/mol. The summed E-state index contributed by atoms with van der Waals surface area (Å²) >= 11 is 0. The molecule has 0 atom stereocenters. The summed E-state index contributed by atoms with van der Waals surface area (Å²) in [5.41, 5.74) is 6.02. The van der Waals surface area contributed by atoms with Crippen LogP contribution in [0.15, 0.2) is 108 Å². The number of benzene rings is 3. The molecule has 13 heteroatoms. The first kappa shape index (κ1) is 24.5. The summed E-state index contributed by atoms with van der Waals surface area (Å²) in [5, 5.41) is 15.6. The normalized spacial score (nSPS) is 11.4. The van der Waals surface area contributed by atoms with Crippen molar-refractivity contribution in [1.29, 1.82) is 0 Å². The van der Waals surface area contributed by atoms with Gasteiger partial charge in [-0.25, -0.2) is 24.0 Å². The van der Waals surface area contributed by atoms with E-state index < -0.39 is 10.0 Å². The van der Waals surface area contributed by atoms with Crippen molar-refractivity contribution in [2.24, 2.45) is 10.2 Å². The Morgan fingerprint density at radius 1 is 0.789 bits per heavy atom. The molecule has 0 aliphatic rings. The highest BCUT2D eigenvalue weighted by atomic mass is 32.2. The lowest BCUT2D eigenvalue weighted by atomic mass is 10.2. The molecule has 5 rings (SSSR count). The van der Waals surface area contributed by atoms with Crippen molar-refractivity contribution >= 4 is 45.5 Å². The molecule has 0 aliphatic carbocycles. The molecule has 38 heavy (non-hydrogen) atoms. The lowest BCUT2D eigenvalue weighted by Gasteiger charge is -2.10. The summed E-state index contributed by atoms with van der Waals surface area (Å²) in [6.45, 7) is 0. The third-order valence-corrected chi connectivity index (χ3v) is 6.11. The van der Waals surface area contributed by atoms with Crippen molar-refractivity contribution < 1.29 is 8.42 Å². The van der Waals surface area contributed by atoms with Crippen LogP contribution in [0.5, 0.6) is 0 Å². The maximum absolute atomic E-state index is 11.5. The minimum atomic E-state index is -3.80. The van der Waals surface area contributed by atoms with Crippen molar-refractivity contribution in [2.45, 2.75) is 4.90 Å². The third-order valence-electron chi connectivity index (χ3n) is 5.18. The highest BCUT2D eigenvalue weighted by molar-refractivity contribution is 7.89. The summed E-state index contributed by atoms with van der Waals surface area (Å²) in [4.78, 5) is 17.2. The van der Waals surface area contributed by atoms with Gasteiger partial charge in [-0.15, -0.1) is 0 Å². The largest absolute Gasteiger partial charge is 0.324 e. The fraction of sp³-hybridized carbons (Fsp3) is 0. The molecule has 190 valence electrons. The molecule has 0 saturated heterocycles. The van der Waals surface area contributed by atoms with Crippen LogP contribution in [0.1, 0.15) is 5.56 Å². The number of aromatic nitrogens is 5. The van der Waals surface area contributed by atoms with Crippen LogP contribution >= 0.6 is 0 Å². The number of nitrogens with one attached hydrogen (secondary N) is 3. The summed E-state index contributed by atoms with van der Waals surface area (Å²) in [7, 11) is -3.80. The van der Waals surface area contributed by atoms with E-state index in [1.165, 1.54) is 12.1 Å². The van der Waals surface area contributed by atoms with Gasteiger partial charge in [-0.1, -0.05) is 30.3 Å². The standard InChI is InChI=1S/C25H22N10O2S/c26-38(36,37)22-12-8-20(9-13-22)30-24-31-23(29-19-4-2-1-3-5-19)32-25(33-24)34-28-16-18-6-10-21(11-7-18)35-15-14-27-17-35/h1-17H,(H2,26,36,37)(H3,29,30,31,32,33,34)/b28-16+. The van der Waals surface area contributed by atoms with E-state index in [9.17, 15) is 8.42 Å². The molecule has 0 radical (unpaired) electrons. The molecule has 5 N–H and O–H groups in total. The first-order valence-corrected chi connectivity index (χ1v) is 12.8. The zero-order valence-corrected chi connectivity index (χ0v) is 20.6. The molecule has 0 fully saturated rings. The fourth-order valence-corrected chi connectivity index (χ4v) is 3.87. The average Bonchev–Trinajstić information content (AvgIpc) is 3.45. The number of nitrogens with zero attached hydrogens (tertiary/aromatic N) is 6. The molecule has 2 heterocycles. The van der Waals surface area contributed by atoms with Crippen molar-refractivity contribution in [1.82, 2.24) is 24.5 Å². The molecule has 0 aliphatic heterocycles. The number of imidazole rings is 1. The smallest absolute Gasteiger partial charge is 0.250 e. The first-order valence-electron chi connectivity index (χ1n) is 11.3. The fourth-order valence-electron chi connectivity index (χ4n) is 3.35. The van der Waals surface area contributed by atoms with E-state index in [2.05, 4.69) is 41.1 Å². The molecular formula is C25H22N10O2S. The second-order valence-corrected chi connectivity index (χ2v) is 9.48. The van der Waals surface area contributed by atoms with E-state index in [-0.39, 0.29) is 22.7 Å². The Morgan fingerprint density at radius 2 is 1.42 bits per heavy atom. The molecule has 5 aromatic rings. The summed E-state index contributed by atoms with van der Waals surface area (Å²) in [6, 6.07) is 23.1. The maximum Gasteiger partial charge on any atom is 0.250 e. The zero-order valence-electron chi connectivity index (χ0n) is 19.8. The molecule has 0 amide bonds. The topological polar surface area (TPSA) is 165 Å². The molecule has 12 nitrogen and oxygen atoms in total. The monoisotopic (exact) mass is 526 g/mol. The number of nitrogens with two attached hydrogens (primary N) is 1.